The number of rotatable bonds is 1. The van der Waals surface area contributed by atoms with Gasteiger partial charge in [-0.2, -0.15) is 0 Å². The summed E-state index contributed by atoms with van der Waals surface area (Å²) in [7, 11) is 0. The molecule has 116 valence electrons. The van der Waals surface area contributed by atoms with Crippen LogP contribution in [0.4, 0.5) is 0 Å². The number of fused-ring (bicyclic) bond motifs is 2. The van der Waals surface area contributed by atoms with Crippen molar-refractivity contribution >= 4 is 11.8 Å². The second-order valence-corrected chi connectivity index (χ2v) is 5.72. The number of nitrogens with one attached hydrogen (secondary N) is 1. The molecule has 2 heterocycles. The summed E-state index contributed by atoms with van der Waals surface area (Å²) in [4.78, 5) is 26.4. The molecule has 2 aliphatic heterocycles. The van der Waals surface area contributed by atoms with Crippen molar-refractivity contribution in [3.05, 3.63) is 59.7 Å². The topological polar surface area (TPSA) is 58.6 Å². The van der Waals surface area contributed by atoms with Gasteiger partial charge in [-0.15, -0.1) is 0 Å². The van der Waals surface area contributed by atoms with Crippen molar-refractivity contribution in [1.29, 1.82) is 0 Å². The Morgan fingerprint density at radius 3 is 2.26 bits per heavy atom. The summed E-state index contributed by atoms with van der Waals surface area (Å²) < 4.78 is 5.92. The quantitative estimate of drug-likeness (QED) is 0.875. The fourth-order valence-electron chi connectivity index (χ4n) is 3.19. The van der Waals surface area contributed by atoms with E-state index in [-0.39, 0.29) is 18.4 Å². The van der Waals surface area contributed by atoms with Crippen LogP contribution in [0, 0.1) is 0 Å². The maximum absolute atomic E-state index is 13.1. The van der Waals surface area contributed by atoms with E-state index in [9.17, 15) is 9.59 Å². The van der Waals surface area contributed by atoms with Crippen molar-refractivity contribution in [2.45, 2.75) is 5.92 Å². The fourth-order valence-corrected chi connectivity index (χ4v) is 3.19. The van der Waals surface area contributed by atoms with Crippen LogP contribution in [0.5, 0.6) is 11.5 Å². The van der Waals surface area contributed by atoms with Crippen molar-refractivity contribution in [1.82, 2.24) is 10.2 Å². The number of ether oxygens (including phenoxy) is 1. The highest BCUT2D eigenvalue weighted by Crippen LogP contribution is 2.44. The largest absolute Gasteiger partial charge is 0.457 e. The molecule has 5 nitrogen and oxygen atoms in total. The minimum Gasteiger partial charge on any atom is -0.457 e. The molecular formula is C18H16N2O3. The molecule has 4 rings (SSSR count). The van der Waals surface area contributed by atoms with Gasteiger partial charge >= 0.3 is 0 Å². The molecule has 23 heavy (non-hydrogen) atoms. The van der Waals surface area contributed by atoms with E-state index in [1.807, 2.05) is 48.5 Å². The highest BCUT2D eigenvalue weighted by molar-refractivity contribution is 5.93. The lowest BCUT2D eigenvalue weighted by atomic mass is 9.86. The van der Waals surface area contributed by atoms with Gasteiger partial charge in [-0.3, -0.25) is 9.59 Å². The first-order valence-electron chi connectivity index (χ1n) is 7.65. The predicted octanol–water partition coefficient (Wildman–Crippen LogP) is 1.88. The summed E-state index contributed by atoms with van der Waals surface area (Å²) in [6.45, 7) is 1.14. The van der Waals surface area contributed by atoms with Crippen molar-refractivity contribution in [3.8, 4) is 11.5 Å². The Balaban J connectivity index is 1.78. The summed E-state index contributed by atoms with van der Waals surface area (Å²) in [6.07, 6.45) is 0. The Morgan fingerprint density at radius 1 is 1.04 bits per heavy atom. The average Bonchev–Trinajstić information content (AvgIpc) is 2.59. The van der Waals surface area contributed by atoms with E-state index in [1.54, 1.807) is 4.90 Å². The van der Waals surface area contributed by atoms with Gasteiger partial charge in [-0.25, -0.2) is 0 Å². The molecule has 1 saturated heterocycles. The van der Waals surface area contributed by atoms with Crippen LogP contribution in [0.2, 0.25) is 0 Å². The third-order valence-corrected chi connectivity index (χ3v) is 4.28. The summed E-state index contributed by atoms with van der Waals surface area (Å²) in [6, 6.07) is 15.2. The van der Waals surface area contributed by atoms with Crippen LogP contribution in [0.25, 0.3) is 0 Å². The Morgan fingerprint density at radius 2 is 1.65 bits per heavy atom. The second kappa shape index (κ2) is 5.43. The first-order valence-corrected chi connectivity index (χ1v) is 7.65. The predicted molar refractivity (Wildman–Crippen MR) is 84.4 cm³/mol. The van der Waals surface area contributed by atoms with Gasteiger partial charge in [0.2, 0.25) is 11.8 Å². The van der Waals surface area contributed by atoms with E-state index >= 15 is 0 Å². The number of amides is 2. The number of nitrogens with zero attached hydrogens (tertiary/aromatic N) is 1. The molecule has 0 bridgehead atoms. The minimum atomic E-state index is -0.429. The van der Waals surface area contributed by atoms with E-state index < -0.39 is 5.92 Å². The van der Waals surface area contributed by atoms with E-state index in [0.29, 0.717) is 24.6 Å². The molecule has 2 aliphatic rings. The molecule has 0 spiro atoms. The van der Waals surface area contributed by atoms with E-state index in [0.717, 1.165) is 11.1 Å². The van der Waals surface area contributed by atoms with E-state index in [4.69, 9.17) is 4.74 Å². The molecule has 5 heteroatoms. The Kier molecular flexibility index (Phi) is 3.26. The molecule has 2 aromatic rings. The molecule has 0 unspecified atom stereocenters. The van der Waals surface area contributed by atoms with E-state index in [1.165, 1.54) is 0 Å². The molecule has 0 saturated carbocycles. The van der Waals surface area contributed by atoms with Crippen molar-refractivity contribution in [3.63, 3.8) is 0 Å². The fraction of sp³-hybridized carbons (Fsp3) is 0.222. The normalized spacial score (nSPS) is 16.9. The number of carbonyl (C=O) groups is 2. The third kappa shape index (κ3) is 2.34. The molecule has 1 fully saturated rings. The lowest BCUT2D eigenvalue weighted by Crippen LogP contribution is -2.51. The zero-order valence-corrected chi connectivity index (χ0v) is 12.5. The zero-order chi connectivity index (χ0) is 15.8. The van der Waals surface area contributed by atoms with Crippen molar-refractivity contribution < 1.29 is 14.3 Å². The molecule has 0 aromatic heterocycles. The van der Waals surface area contributed by atoms with Gasteiger partial charge in [0.1, 0.15) is 11.5 Å². The summed E-state index contributed by atoms with van der Waals surface area (Å²) >= 11 is 0. The maximum Gasteiger partial charge on any atom is 0.239 e. The van der Waals surface area contributed by atoms with Crippen LogP contribution in [0.3, 0.4) is 0 Å². The van der Waals surface area contributed by atoms with Crippen LogP contribution in [-0.2, 0) is 9.59 Å². The summed E-state index contributed by atoms with van der Waals surface area (Å²) in [5, 5.41) is 2.75. The lowest BCUT2D eigenvalue weighted by molar-refractivity contribution is -0.138. The number of hydrogen-bond acceptors (Lipinski definition) is 3. The Hall–Kier alpha value is -2.82. The maximum atomic E-state index is 13.1. The SMILES string of the molecule is O=C1CN(C(=O)C2c3ccccc3Oc3ccccc32)CCN1. The van der Waals surface area contributed by atoms with Crippen LogP contribution in [0.15, 0.2) is 48.5 Å². The number of hydrogen-bond donors (Lipinski definition) is 1. The molecule has 0 aliphatic carbocycles. The monoisotopic (exact) mass is 308 g/mol. The molecule has 1 N–H and O–H groups in total. The molecule has 0 radical (unpaired) electrons. The average molecular weight is 308 g/mol. The van der Waals surface area contributed by atoms with Crippen molar-refractivity contribution in [2.24, 2.45) is 0 Å². The van der Waals surface area contributed by atoms with Crippen molar-refractivity contribution in [2.75, 3.05) is 19.6 Å². The van der Waals surface area contributed by atoms with Crippen LogP contribution >= 0.6 is 0 Å². The number of benzene rings is 2. The molecule has 2 aromatic carbocycles. The van der Waals surface area contributed by atoms with Gasteiger partial charge < -0.3 is 15.0 Å². The number of para-hydroxylation sites is 2. The second-order valence-electron chi connectivity index (χ2n) is 5.72. The number of carbonyl (C=O) groups excluding carboxylic acids is 2. The lowest BCUT2D eigenvalue weighted by Gasteiger charge is -2.33. The van der Waals surface area contributed by atoms with Gasteiger partial charge in [0, 0.05) is 24.2 Å². The van der Waals surface area contributed by atoms with Crippen LogP contribution in [-0.4, -0.2) is 36.3 Å². The summed E-state index contributed by atoms with van der Waals surface area (Å²) in [5.74, 6) is 0.806. The highest BCUT2D eigenvalue weighted by Gasteiger charge is 2.36. The molecule has 2 amide bonds. The Labute approximate surface area is 133 Å². The molecular weight excluding hydrogens is 292 g/mol. The minimum absolute atomic E-state index is 0.0527. The van der Waals surface area contributed by atoms with Gasteiger partial charge in [0.05, 0.1) is 12.5 Å². The van der Waals surface area contributed by atoms with Crippen LogP contribution in [0.1, 0.15) is 17.0 Å². The van der Waals surface area contributed by atoms with Gasteiger partial charge in [-0.1, -0.05) is 36.4 Å². The summed E-state index contributed by atoms with van der Waals surface area (Å²) in [5.41, 5.74) is 1.70. The third-order valence-electron chi connectivity index (χ3n) is 4.28. The number of piperazine rings is 1. The molecule has 0 atom stereocenters. The standard InChI is InChI=1S/C18H16N2O3/c21-16-11-20(10-9-19-16)18(22)17-12-5-1-3-7-14(12)23-15-8-4-2-6-13(15)17/h1-8,17H,9-11H2,(H,19,21). The van der Waals surface area contributed by atoms with Crippen LogP contribution < -0.4 is 10.1 Å². The van der Waals surface area contributed by atoms with Gasteiger partial charge in [0.15, 0.2) is 0 Å². The van der Waals surface area contributed by atoms with Gasteiger partial charge in [-0.05, 0) is 12.1 Å². The zero-order valence-electron chi connectivity index (χ0n) is 12.5. The van der Waals surface area contributed by atoms with Gasteiger partial charge in [0.25, 0.3) is 0 Å². The highest BCUT2D eigenvalue weighted by atomic mass is 16.5. The Bertz CT molecular complexity index is 742. The smallest absolute Gasteiger partial charge is 0.239 e. The first-order chi connectivity index (χ1) is 11.2. The first kappa shape index (κ1) is 13.8. The van der Waals surface area contributed by atoms with E-state index in [2.05, 4.69) is 5.32 Å².